The van der Waals surface area contributed by atoms with Crippen LogP contribution in [0.5, 0.6) is 0 Å². The Bertz CT molecular complexity index is 357. The zero-order valence-electron chi connectivity index (χ0n) is 7.46. The number of methoxy groups -OCH3 is 1. The monoisotopic (exact) mass is 214 g/mol. The standard InChI is InChI=1S/C10H8ClFO2/c1-14-10(13)9(11)6-7-2-4-8(12)5-3-7/h2-6H,1H3/b9-6-. The van der Waals surface area contributed by atoms with Crippen molar-refractivity contribution in [3.63, 3.8) is 0 Å². The molecule has 2 nitrogen and oxygen atoms in total. The highest BCUT2D eigenvalue weighted by atomic mass is 35.5. The van der Waals surface area contributed by atoms with Gasteiger partial charge in [-0.3, -0.25) is 0 Å². The summed E-state index contributed by atoms with van der Waals surface area (Å²) in [5, 5.41) is -0.0425. The fraction of sp³-hybridized carbons (Fsp3) is 0.100. The number of hydrogen-bond acceptors (Lipinski definition) is 2. The summed E-state index contributed by atoms with van der Waals surface area (Å²) in [5.74, 6) is -0.952. The van der Waals surface area contributed by atoms with E-state index in [9.17, 15) is 9.18 Å². The van der Waals surface area contributed by atoms with Crippen LogP contribution in [0.1, 0.15) is 5.56 Å². The number of carbonyl (C=O) groups excluding carboxylic acids is 1. The maximum absolute atomic E-state index is 12.5. The van der Waals surface area contributed by atoms with Crippen LogP contribution >= 0.6 is 11.6 Å². The summed E-state index contributed by atoms with van der Waals surface area (Å²) >= 11 is 5.60. The SMILES string of the molecule is COC(=O)/C(Cl)=C/c1ccc(F)cc1. The number of hydrogen-bond donors (Lipinski definition) is 0. The minimum atomic E-state index is -0.615. The first-order valence-electron chi connectivity index (χ1n) is 3.84. The molecule has 0 aromatic heterocycles. The van der Waals surface area contributed by atoms with Crippen LogP contribution in [0.3, 0.4) is 0 Å². The third-order valence-corrected chi connectivity index (χ3v) is 1.81. The minimum Gasteiger partial charge on any atom is -0.465 e. The molecule has 0 spiro atoms. The number of rotatable bonds is 2. The lowest BCUT2D eigenvalue weighted by molar-refractivity contribution is -0.135. The fourth-order valence-electron chi connectivity index (χ4n) is 0.862. The van der Waals surface area contributed by atoms with E-state index in [1.807, 2.05) is 0 Å². The molecule has 0 heterocycles. The normalized spacial score (nSPS) is 11.2. The van der Waals surface area contributed by atoms with E-state index < -0.39 is 5.97 Å². The number of esters is 1. The van der Waals surface area contributed by atoms with E-state index in [4.69, 9.17) is 11.6 Å². The molecule has 74 valence electrons. The van der Waals surface area contributed by atoms with Gasteiger partial charge in [0.15, 0.2) is 0 Å². The molecule has 0 aliphatic rings. The second-order valence-corrected chi connectivity index (χ2v) is 2.94. The van der Waals surface area contributed by atoms with Crippen molar-refractivity contribution in [3.8, 4) is 0 Å². The van der Waals surface area contributed by atoms with Crippen LogP contribution in [0.15, 0.2) is 29.3 Å². The lowest BCUT2D eigenvalue weighted by atomic mass is 10.2. The molecule has 0 fully saturated rings. The summed E-state index contributed by atoms with van der Waals surface area (Å²) in [7, 11) is 1.24. The Morgan fingerprint density at radius 2 is 2.00 bits per heavy atom. The molecule has 1 aromatic carbocycles. The van der Waals surface area contributed by atoms with Gasteiger partial charge in [0.1, 0.15) is 10.8 Å². The van der Waals surface area contributed by atoms with Crippen LogP contribution in [0.25, 0.3) is 6.08 Å². The summed E-state index contributed by atoms with van der Waals surface area (Å²) in [6.45, 7) is 0. The Balaban J connectivity index is 2.86. The van der Waals surface area contributed by atoms with Crippen molar-refractivity contribution < 1.29 is 13.9 Å². The molecule has 0 saturated heterocycles. The highest BCUT2D eigenvalue weighted by molar-refractivity contribution is 6.43. The van der Waals surface area contributed by atoms with Crippen molar-refractivity contribution in [2.45, 2.75) is 0 Å². The van der Waals surface area contributed by atoms with E-state index in [0.29, 0.717) is 5.56 Å². The van der Waals surface area contributed by atoms with Crippen LogP contribution in [0.4, 0.5) is 4.39 Å². The maximum atomic E-state index is 12.5. The van der Waals surface area contributed by atoms with Crippen LogP contribution in [0, 0.1) is 5.82 Å². The highest BCUT2D eigenvalue weighted by Gasteiger charge is 2.05. The second kappa shape index (κ2) is 4.77. The Morgan fingerprint density at radius 1 is 1.43 bits per heavy atom. The summed E-state index contributed by atoms with van der Waals surface area (Å²) in [4.78, 5) is 10.9. The first kappa shape index (κ1) is 10.7. The topological polar surface area (TPSA) is 26.3 Å². The molecule has 14 heavy (non-hydrogen) atoms. The van der Waals surface area contributed by atoms with Crippen molar-refractivity contribution in [1.82, 2.24) is 0 Å². The molecular formula is C10H8ClFO2. The lowest BCUT2D eigenvalue weighted by Crippen LogP contribution is -1.99. The van der Waals surface area contributed by atoms with Crippen molar-refractivity contribution in [1.29, 1.82) is 0 Å². The largest absolute Gasteiger partial charge is 0.465 e. The Kier molecular flexibility index (Phi) is 3.65. The molecule has 0 unspecified atom stereocenters. The minimum absolute atomic E-state index is 0.0425. The molecule has 0 N–H and O–H groups in total. The van der Waals surface area contributed by atoms with E-state index in [1.165, 1.54) is 37.5 Å². The number of benzene rings is 1. The van der Waals surface area contributed by atoms with Crippen LogP contribution in [0.2, 0.25) is 0 Å². The zero-order valence-corrected chi connectivity index (χ0v) is 8.22. The van der Waals surface area contributed by atoms with Gasteiger partial charge >= 0.3 is 5.97 Å². The highest BCUT2D eigenvalue weighted by Crippen LogP contribution is 2.12. The average Bonchev–Trinajstić information content (AvgIpc) is 2.20. The molecule has 1 aromatic rings. The van der Waals surface area contributed by atoms with Gasteiger partial charge in [0, 0.05) is 0 Å². The van der Waals surface area contributed by atoms with Gasteiger partial charge in [-0.1, -0.05) is 23.7 Å². The van der Waals surface area contributed by atoms with Gasteiger partial charge < -0.3 is 4.74 Å². The van der Waals surface area contributed by atoms with E-state index in [0.717, 1.165) is 0 Å². The molecule has 4 heteroatoms. The van der Waals surface area contributed by atoms with Crippen LogP contribution in [-0.2, 0) is 9.53 Å². The van der Waals surface area contributed by atoms with E-state index in [1.54, 1.807) is 0 Å². The molecule has 0 aliphatic heterocycles. The van der Waals surface area contributed by atoms with Crippen molar-refractivity contribution in [2.75, 3.05) is 7.11 Å². The molecule has 0 amide bonds. The van der Waals surface area contributed by atoms with Gasteiger partial charge in [-0.05, 0) is 23.8 Å². The summed E-state index contributed by atoms with van der Waals surface area (Å²) in [6, 6.07) is 5.60. The van der Waals surface area contributed by atoms with E-state index in [2.05, 4.69) is 4.74 Å². The molecule has 0 bridgehead atoms. The Morgan fingerprint density at radius 3 is 2.50 bits per heavy atom. The lowest BCUT2D eigenvalue weighted by Gasteiger charge is -1.96. The van der Waals surface area contributed by atoms with Crippen molar-refractivity contribution in [2.24, 2.45) is 0 Å². The molecule has 0 radical (unpaired) electrons. The summed E-state index contributed by atoms with van der Waals surface area (Å²) in [6.07, 6.45) is 1.41. The molecule has 0 aliphatic carbocycles. The van der Waals surface area contributed by atoms with Gasteiger partial charge in [0.05, 0.1) is 7.11 Å². The van der Waals surface area contributed by atoms with E-state index >= 15 is 0 Å². The first-order chi connectivity index (χ1) is 6.63. The van der Waals surface area contributed by atoms with Gasteiger partial charge in [-0.15, -0.1) is 0 Å². The van der Waals surface area contributed by atoms with E-state index in [-0.39, 0.29) is 10.8 Å². The van der Waals surface area contributed by atoms with Crippen molar-refractivity contribution in [3.05, 3.63) is 40.7 Å². The zero-order chi connectivity index (χ0) is 10.6. The predicted molar refractivity (Wildman–Crippen MR) is 52.2 cm³/mol. The van der Waals surface area contributed by atoms with Crippen LogP contribution < -0.4 is 0 Å². The first-order valence-corrected chi connectivity index (χ1v) is 4.22. The third kappa shape index (κ3) is 2.85. The quantitative estimate of drug-likeness (QED) is 0.559. The maximum Gasteiger partial charge on any atom is 0.349 e. The Hall–Kier alpha value is -1.35. The number of halogens is 2. The summed E-state index contributed by atoms with van der Waals surface area (Å²) < 4.78 is 16.9. The Labute approximate surface area is 85.9 Å². The predicted octanol–water partition coefficient (Wildman–Crippen LogP) is 2.58. The van der Waals surface area contributed by atoms with Crippen LogP contribution in [-0.4, -0.2) is 13.1 Å². The number of carbonyl (C=O) groups is 1. The third-order valence-electron chi connectivity index (χ3n) is 1.54. The summed E-state index contributed by atoms with van der Waals surface area (Å²) in [5.41, 5.74) is 0.641. The van der Waals surface area contributed by atoms with Gasteiger partial charge in [-0.2, -0.15) is 0 Å². The molecular weight excluding hydrogens is 207 g/mol. The molecule has 1 rings (SSSR count). The molecule has 0 atom stereocenters. The second-order valence-electron chi connectivity index (χ2n) is 2.54. The van der Waals surface area contributed by atoms with Gasteiger partial charge in [0.2, 0.25) is 0 Å². The average molecular weight is 215 g/mol. The van der Waals surface area contributed by atoms with Gasteiger partial charge in [0.25, 0.3) is 0 Å². The van der Waals surface area contributed by atoms with Crippen molar-refractivity contribution >= 4 is 23.6 Å². The fourth-order valence-corrected chi connectivity index (χ4v) is 1.06. The molecule has 0 saturated carbocycles. The van der Waals surface area contributed by atoms with Gasteiger partial charge in [-0.25, -0.2) is 9.18 Å². The number of ether oxygens (including phenoxy) is 1. The smallest absolute Gasteiger partial charge is 0.349 e.